The fourth-order valence-electron chi connectivity index (χ4n) is 5.69. The molecule has 10 nitrogen and oxygen atoms in total. The lowest BCUT2D eigenvalue weighted by Crippen LogP contribution is -2.62. The Labute approximate surface area is 234 Å². The number of likely N-dealkylation sites (tertiary alicyclic amines) is 1. The summed E-state index contributed by atoms with van der Waals surface area (Å²) in [5, 5.41) is 5.73. The van der Waals surface area contributed by atoms with E-state index >= 15 is 0 Å². The number of urea groups is 1. The van der Waals surface area contributed by atoms with Gasteiger partial charge in [0.2, 0.25) is 17.6 Å². The zero-order valence-corrected chi connectivity index (χ0v) is 25.6. The topological polar surface area (TPSA) is 142 Å². The van der Waals surface area contributed by atoms with Crippen LogP contribution in [0.2, 0.25) is 0 Å². The van der Waals surface area contributed by atoms with Crippen LogP contribution in [-0.4, -0.2) is 76.6 Å². The lowest BCUT2D eigenvalue weighted by molar-refractivity contribution is -0.144. The van der Waals surface area contributed by atoms with E-state index in [4.69, 9.17) is 5.73 Å². The molecule has 1 saturated heterocycles. The summed E-state index contributed by atoms with van der Waals surface area (Å²) in [6.07, 6.45) is 3.29. The molecule has 1 aliphatic heterocycles. The van der Waals surface area contributed by atoms with Crippen LogP contribution >= 0.6 is 0 Å². The molecule has 1 aliphatic carbocycles. The van der Waals surface area contributed by atoms with Gasteiger partial charge in [0.1, 0.15) is 12.1 Å². The van der Waals surface area contributed by atoms with Crippen LogP contribution in [0.1, 0.15) is 88.0 Å². The highest BCUT2D eigenvalue weighted by Gasteiger charge is 2.50. The number of Topliss-reactive ketones (excluding diaryl/α,β-unsaturated/α-hetero) is 1. The fraction of sp³-hybridized carbons (Fsp3) is 0.828. The maximum absolute atomic E-state index is 14.2. The van der Waals surface area contributed by atoms with E-state index in [0.717, 1.165) is 19.3 Å². The molecule has 10 heteroatoms. The fourth-order valence-corrected chi connectivity index (χ4v) is 5.69. The lowest BCUT2D eigenvalue weighted by Gasteiger charge is -2.39. The molecule has 5 amide bonds. The Hall–Kier alpha value is -2.65. The number of primary amides is 1. The van der Waals surface area contributed by atoms with E-state index in [9.17, 15) is 24.0 Å². The third-order valence-electron chi connectivity index (χ3n) is 8.52. The maximum Gasteiger partial charge on any atom is 0.318 e. The Kier molecular flexibility index (Phi) is 10.2. The Morgan fingerprint density at radius 1 is 1.00 bits per heavy atom. The highest BCUT2D eigenvalue weighted by molar-refractivity contribution is 6.37. The highest BCUT2D eigenvalue weighted by atomic mass is 16.2. The summed E-state index contributed by atoms with van der Waals surface area (Å²) in [5.74, 6) is -2.54. The summed E-state index contributed by atoms with van der Waals surface area (Å²) in [7, 11) is 1.68. The van der Waals surface area contributed by atoms with Gasteiger partial charge in [-0.05, 0) is 56.3 Å². The van der Waals surface area contributed by atoms with Crippen LogP contribution in [0.25, 0.3) is 0 Å². The van der Waals surface area contributed by atoms with E-state index in [1.807, 2.05) is 62.3 Å². The summed E-state index contributed by atoms with van der Waals surface area (Å²) >= 11 is 0. The van der Waals surface area contributed by atoms with Crippen LogP contribution in [-0.2, 0) is 19.2 Å². The third-order valence-corrected chi connectivity index (χ3v) is 8.52. The summed E-state index contributed by atoms with van der Waals surface area (Å²) in [6, 6.07) is -3.13. The van der Waals surface area contributed by atoms with Crippen molar-refractivity contribution in [3.63, 3.8) is 0 Å². The number of hydrogen-bond donors (Lipinski definition) is 3. The molecule has 1 heterocycles. The number of nitrogens with two attached hydrogens (primary N) is 1. The molecule has 0 aromatic heterocycles. The van der Waals surface area contributed by atoms with Gasteiger partial charge in [0.05, 0.1) is 6.04 Å². The van der Waals surface area contributed by atoms with Crippen molar-refractivity contribution in [3.8, 4) is 0 Å². The van der Waals surface area contributed by atoms with Gasteiger partial charge >= 0.3 is 6.03 Å². The molecule has 2 rings (SSSR count). The second-order valence-electron chi connectivity index (χ2n) is 14.0. The van der Waals surface area contributed by atoms with Gasteiger partial charge in [0.15, 0.2) is 0 Å². The van der Waals surface area contributed by atoms with Gasteiger partial charge in [-0.25, -0.2) is 4.79 Å². The minimum Gasteiger partial charge on any atom is -0.363 e. The number of hydrogen-bond acceptors (Lipinski definition) is 5. The molecule has 2 fully saturated rings. The minimum atomic E-state index is -1.08. The van der Waals surface area contributed by atoms with Crippen molar-refractivity contribution in [2.45, 2.75) is 112 Å². The van der Waals surface area contributed by atoms with E-state index in [1.165, 1.54) is 0 Å². The number of ketones is 1. The summed E-state index contributed by atoms with van der Waals surface area (Å²) in [5.41, 5.74) is 4.22. The predicted molar refractivity (Wildman–Crippen MR) is 150 cm³/mol. The second kappa shape index (κ2) is 12.3. The first-order valence-corrected chi connectivity index (χ1v) is 14.3. The molecular weight excluding hydrogens is 498 g/mol. The van der Waals surface area contributed by atoms with Gasteiger partial charge in [-0.2, -0.15) is 0 Å². The molecule has 0 spiro atoms. The zero-order valence-electron chi connectivity index (χ0n) is 25.6. The van der Waals surface area contributed by atoms with Crippen molar-refractivity contribution < 1.29 is 24.0 Å². The molecular formula is C29H51N5O5. The summed E-state index contributed by atoms with van der Waals surface area (Å²) < 4.78 is 0. The van der Waals surface area contributed by atoms with Gasteiger partial charge in [-0.1, -0.05) is 60.8 Å². The van der Waals surface area contributed by atoms with Crippen LogP contribution < -0.4 is 16.4 Å². The monoisotopic (exact) mass is 549 g/mol. The Morgan fingerprint density at radius 2 is 1.56 bits per heavy atom. The SMILES string of the molecule is CC(C)C1C(C)CN(C(=O)C(NC(=O)N(C)C(C)(C)C)C(C)(C)C)C1C(=O)NC(CC1CCC1)C(=O)C(N)=O. The van der Waals surface area contributed by atoms with Gasteiger partial charge in [-0.15, -0.1) is 0 Å². The van der Waals surface area contributed by atoms with Crippen LogP contribution in [0, 0.1) is 29.1 Å². The molecule has 0 aromatic rings. The third kappa shape index (κ3) is 7.72. The number of carbonyl (C=O) groups is 5. The van der Waals surface area contributed by atoms with E-state index in [-0.39, 0.29) is 35.6 Å². The largest absolute Gasteiger partial charge is 0.363 e. The standard InChI is InChI=1S/C29H51N5O5/c1-16(2)20-17(3)15-34(26(38)23(28(4,5)6)32-27(39)33(10)29(7,8)9)21(20)25(37)31-19(22(35)24(30)36)14-18-12-11-13-18/h16-21,23H,11-15H2,1-10H3,(H2,30,36)(H,31,37)(H,32,39). The number of nitrogens with zero attached hydrogens (tertiary/aromatic N) is 2. The Balaban J connectivity index is 2.40. The smallest absolute Gasteiger partial charge is 0.318 e. The molecule has 0 radical (unpaired) electrons. The maximum atomic E-state index is 14.2. The van der Waals surface area contributed by atoms with Crippen molar-refractivity contribution >= 4 is 29.5 Å². The number of rotatable bonds is 9. The molecule has 0 aromatic carbocycles. The van der Waals surface area contributed by atoms with Crippen LogP contribution in [0.3, 0.4) is 0 Å². The lowest BCUT2D eigenvalue weighted by atomic mass is 9.79. The van der Waals surface area contributed by atoms with Gasteiger partial charge in [0, 0.05) is 19.1 Å². The number of amides is 5. The molecule has 5 atom stereocenters. The average molecular weight is 550 g/mol. The molecule has 222 valence electrons. The summed E-state index contributed by atoms with van der Waals surface area (Å²) in [6.45, 7) is 17.7. The molecule has 0 bridgehead atoms. The molecule has 5 unspecified atom stereocenters. The number of carbonyl (C=O) groups excluding carboxylic acids is 5. The molecule has 39 heavy (non-hydrogen) atoms. The van der Waals surface area contributed by atoms with Crippen LogP contribution in [0.15, 0.2) is 0 Å². The minimum absolute atomic E-state index is 0.00944. The van der Waals surface area contributed by atoms with Crippen molar-refractivity contribution in [2.24, 2.45) is 34.8 Å². The van der Waals surface area contributed by atoms with Crippen molar-refractivity contribution in [1.82, 2.24) is 20.4 Å². The van der Waals surface area contributed by atoms with Gasteiger partial charge < -0.3 is 26.2 Å². The highest BCUT2D eigenvalue weighted by Crippen LogP contribution is 2.37. The predicted octanol–water partition coefficient (Wildman–Crippen LogP) is 2.69. The average Bonchev–Trinajstić information content (AvgIpc) is 3.13. The Morgan fingerprint density at radius 3 is 1.97 bits per heavy atom. The zero-order chi connectivity index (χ0) is 30.0. The first-order chi connectivity index (χ1) is 17.8. The van der Waals surface area contributed by atoms with Crippen molar-refractivity contribution in [3.05, 3.63) is 0 Å². The second-order valence-corrected chi connectivity index (χ2v) is 14.0. The van der Waals surface area contributed by atoms with E-state index in [0.29, 0.717) is 13.0 Å². The van der Waals surface area contributed by atoms with E-state index in [2.05, 4.69) is 10.6 Å². The van der Waals surface area contributed by atoms with Crippen LogP contribution in [0.5, 0.6) is 0 Å². The number of nitrogens with one attached hydrogen (secondary N) is 2. The Bertz CT molecular complexity index is 947. The molecule has 4 N–H and O–H groups in total. The first kappa shape index (κ1) is 32.6. The van der Waals surface area contributed by atoms with E-state index < -0.39 is 46.7 Å². The molecule has 1 saturated carbocycles. The van der Waals surface area contributed by atoms with Gasteiger partial charge in [0.25, 0.3) is 5.91 Å². The van der Waals surface area contributed by atoms with Crippen molar-refractivity contribution in [2.75, 3.05) is 13.6 Å². The quantitative estimate of drug-likeness (QED) is 0.379. The summed E-state index contributed by atoms with van der Waals surface area (Å²) in [4.78, 5) is 68.7. The van der Waals surface area contributed by atoms with Gasteiger partial charge in [-0.3, -0.25) is 19.2 Å². The van der Waals surface area contributed by atoms with Crippen molar-refractivity contribution in [1.29, 1.82) is 0 Å². The normalized spacial score (nSPS) is 23.6. The van der Waals surface area contributed by atoms with Crippen LogP contribution in [0.4, 0.5) is 4.79 Å². The van der Waals surface area contributed by atoms with E-state index in [1.54, 1.807) is 16.8 Å². The molecule has 2 aliphatic rings. The first-order valence-electron chi connectivity index (χ1n) is 14.3.